The molecular weight excluding hydrogens is 312 g/mol. The minimum atomic E-state index is -0.480. The molecule has 7 nitrogen and oxygen atoms in total. The van der Waals surface area contributed by atoms with Gasteiger partial charge in [-0.1, -0.05) is 0 Å². The first-order valence-corrected chi connectivity index (χ1v) is 8.23. The number of anilines is 1. The Morgan fingerprint density at radius 2 is 2.04 bits per heavy atom. The third-order valence-electron chi connectivity index (χ3n) is 4.05. The molecule has 1 saturated heterocycles. The molecule has 1 aromatic rings. The van der Waals surface area contributed by atoms with E-state index in [0.29, 0.717) is 23.8 Å². The summed E-state index contributed by atoms with van der Waals surface area (Å²) in [5, 5.41) is 9.51. The molecule has 1 heterocycles. The van der Waals surface area contributed by atoms with Crippen LogP contribution >= 0.6 is 0 Å². The fraction of sp³-hybridized carbons (Fsp3) is 0.588. The Kier molecular flexibility index (Phi) is 6.69. The van der Waals surface area contributed by atoms with Gasteiger partial charge in [0.25, 0.3) is 0 Å². The maximum atomic E-state index is 11.9. The zero-order chi connectivity index (χ0) is 17.5. The van der Waals surface area contributed by atoms with E-state index in [1.54, 1.807) is 19.1 Å². The van der Waals surface area contributed by atoms with Gasteiger partial charge in [-0.15, -0.1) is 0 Å². The Balaban J connectivity index is 1.97. The molecule has 134 valence electrons. The highest BCUT2D eigenvalue weighted by Gasteiger charge is 2.18. The van der Waals surface area contributed by atoms with E-state index in [4.69, 9.17) is 19.9 Å². The first-order valence-electron chi connectivity index (χ1n) is 8.23. The summed E-state index contributed by atoms with van der Waals surface area (Å²) < 4.78 is 16.0. The number of nitrogens with two attached hydrogens (primary N) is 1. The summed E-state index contributed by atoms with van der Waals surface area (Å²) >= 11 is 0. The number of carbonyl (C=O) groups is 1. The third kappa shape index (κ3) is 4.75. The number of aliphatic hydroxyl groups excluding tert-OH is 1. The van der Waals surface area contributed by atoms with Gasteiger partial charge < -0.3 is 25.1 Å². The topological polar surface area (TPSA) is 94.2 Å². The Bertz CT molecular complexity index is 556. The predicted octanol–water partition coefficient (Wildman–Crippen LogP) is 1.29. The lowest BCUT2D eigenvalue weighted by molar-refractivity contribution is 0.0527. The molecule has 0 amide bonds. The normalized spacial score (nSPS) is 16.0. The van der Waals surface area contributed by atoms with Gasteiger partial charge in [0, 0.05) is 31.8 Å². The number of benzene rings is 1. The second-order valence-electron chi connectivity index (χ2n) is 5.73. The Labute approximate surface area is 142 Å². The van der Waals surface area contributed by atoms with Crippen LogP contribution in [0.25, 0.3) is 0 Å². The molecule has 0 spiro atoms. The summed E-state index contributed by atoms with van der Waals surface area (Å²) in [5.74, 6) is 0.466. The van der Waals surface area contributed by atoms with Crippen molar-refractivity contribution >= 4 is 11.7 Å². The molecule has 0 unspecified atom stereocenters. The van der Waals surface area contributed by atoms with E-state index in [1.807, 2.05) is 0 Å². The molecule has 0 bridgehead atoms. The lowest BCUT2D eigenvalue weighted by Gasteiger charge is -2.29. The summed E-state index contributed by atoms with van der Waals surface area (Å²) in [4.78, 5) is 14.1. The van der Waals surface area contributed by atoms with E-state index in [-0.39, 0.29) is 18.3 Å². The van der Waals surface area contributed by atoms with Crippen molar-refractivity contribution in [3.05, 3.63) is 17.7 Å². The molecule has 2 rings (SSSR count). The second-order valence-corrected chi connectivity index (χ2v) is 5.73. The van der Waals surface area contributed by atoms with Crippen molar-refractivity contribution in [3.63, 3.8) is 0 Å². The number of piperidine rings is 1. The van der Waals surface area contributed by atoms with Gasteiger partial charge in [0.2, 0.25) is 0 Å². The molecule has 7 heteroatoms. The highest BCUT2D eigenvalue weighted by Crippen LogP contribution is 2.32. The molecule has 1 aliphatic rings. The zero-order valence-electron chi connectivity index (χ0n) is 14.3. The molecule has 0 aliphatic carbocycles. The fourth-order valence-electron chi connectivity index (χ4n) is 2.66. The quantitative estimate of drug-likeness (QED) is 0.571. The first kappa shape index (κ1) is 18.4. The average molecular weight is 338 g/mol. The average Bonchev–Trinajstić information content (AvgIpc) is 2.57. The second kappa shape index (κ2) is 8.75. The maximum absolute atomic E-state index is 11.9. The van der Waals surface area contributed by atoms with Crippen LogP contribution in [-0.2, 0) is 4.74 Å². The number of likely N-dealkylation sites (tertiary alicyclic amines) is 1. The summed E-state index contributed by atoms with van der Waals surface area (Å²) in [7, 11) is 1.51. The van der Waals surface area contributed by atoms with Gasteiger partial charge in [-0.25, -0.2) is 4.79 Å². The summed E-state index contributed by atoms with van der Waals surface area (Å²) in [6.07, 6.45) is 1.41. The van der Waals surface area contributed by atoms with Crippen LogP contribution in [-0.4, -0.2) is 62.0 Å². The minimum Gasteiger partial charge on any atom is -0.493 e. The molecule has 0 saturated carbocycles. The third-order valence-corrected chi connectivity index (χ3v) is 4.05. The van der Waals surface area contributed by atoms with Gasteiger partial charge >= 0.3 is 5.97 Å². The standard InChI is InChI=1S/C17H26N2O5/c1-3-23-17(21)13-10-15(22-2)16(11-14(13)18)24-9-8-19-6-4-12(20)5-7-19/h10-12,20H,3-9,18H2,1-2H3. The summed E-state index contributed by atoms with van der Waals surface area (Å²) in [6.45, 7) is 4.99. The van der Waals surface area contributed by atoms with Crippen molar-refractivity contribution in [2.45, 2.75) is 25.9 Å². The first-order chi connectivity index (χ1) is 11.5. The van der Waals surface area contributed by atoms with Crippen LogP contribution in [0.3, 0.4) is 0 Å². The van der Waals surface area contributed by atoms with Crippen molar-refractivity contribution < 1.29 is 24.1 Å². The summed E-state index contributed by atoms with van der Waals surface area (Å²) in [5.41, 5.74) is 6.50. The Morgan fingerprint density at radius 1 is 1.33 bits per heavy atom. The van der Waals surface area contributed by atoms with Crippen LogP contribution in [0.2, 0.25) is 0 Å². The Hall–Kier alpha value is -1.99. The van der Waals surface area contributed by atoms with E-state index >= 15 is 0 Å². The summed E-state index contributed by atoms with van der Waals surface area (Å²) in [6, 6.07) is 3.13. The molecule has 1 aromatic carbocycles. The van der Waals surface area contributed by atoms with E-state index in [0.717, 1.165) is 32.5 Å². The van der Waals surface area contributed by atoms with E-state index in [9.17, 15) is 9.90 Å². The number of esters is 1. The van der Waals surface area contributed by atoms with Gasteiger partial charge in [0.05, 0.1) is 31.1 Å². The lowest BCUT2D eigenvalue weighted by atomic mass is 10.1. The number of rotatable bonds is 7. The van der Waals surface area contributed by atoms with Crippen LogP contribution in [0.5, 0.6) is 11.5 Å². The number of hydrogen-bond acceptors (Lipinski definition) is 7. The molecule has 0 radical (unpaired) electrons. The van der Waals surface area contributed by atoms with Gasteiger partial charge in [-0.3, -0.25) is 4.90 Å². The molecule has 24 heavy (non-hydrogen) atoms. The fourth-order valence-corrected chi connectivity index (χ4v) is 2.66. The molecular formula is C17H26N2O5. The number of aliphatic hydroxyl groups is 1. The zero-order valence-corrected chi connectivity index (χ0v) is 14.3. The van der Waals surface area contributed by atoms with Gasteiger partial charge in [0.15, 0.2) is 11.5 Å². The van der Waals surface area contributed by atoms with E-state index < -0.39 is 5.97 Å². The van der Waals surface area contributed by atoms with Crippen LogP contribution in [0.1, 0.15) is 30.1 Å². The molecule has 3 N–H and O–H groups in total. The van der Waals surface area contributed by atoms with Crippen LogP contribution in [0.4, 0.5) is 5.69 Å². The highest BCUT2D eigenvalue weighted by atomic mass is 16.5. The molecule has 1 fully saturated rings. The van der Waals surface area contributed by atoms with E-state index in [1.165, 1.54) is 7.11 Å². The minimum absolute atomic E-state index is 0.183. The number of methoxy groups -OCH3 is 1. The monoisotopic (exact) mass is 338 g/mol. The number of carbonyl (C=O) groups excluding carboxylic acids is 1. The Morgan fingerprint density at radius 3 is 2.67 bits per heavy atom. The predicted molar refractivity (Wildman–Crippen MR) is 90.5 cm³/mol. The molecule has 0 atom stereocenters. The van der Waals surface area contributed by atoms with Crippen molar-refractivity contribution in [1.29, 1.82) is 0 Å². The van der Waals surface area contributed by atoms with Crippen molar-refractivity contribution in [2.24, 2.45) is 0 Å². The van der Waals surface area contributed by atoms with Gasteiger partial charge in [-0.2, -0.15) is 0 Å². The SMILES string of the molecule is CCOC(=O)c1cc(OC)c(OCCN2CCC(O)CC2)cc1N. The molecule has 1 aliphatic heterocycles. The smallest absolute Gasteiger partial charge is 0.340 e. The van der Waals surface area contributed by atoms with Crippen LogP contribution in [0.15, 0.2) is 12.1 Å². The molecule has 0 aromatic heterocycles. The van der Waals surface area contributed by atoms with Crippen LogP contribution < -0.4 is 15.2 Å². The van der Waals surface area contributed by atoms with E-state index in [2.05, 4.69) is 4.90 Å². The lowest BCUT2D eigenvalue weighted by Crippen LogP contribution is -2.38. The highest BCUT2D eigenvalue weighted by molar-refractivity contribution is 5.96. The number of nitrogens with zero attached hydrogens (tertiary/aromatic N) is 1. The van der Waals surface area contributed by atoms with Crippen molar-refractivity contribution in [2.75, 3.05) is 45.7 Å². The van der Waals surface area contributed by atoms with Gasteiger partial charge in [-0.05, 0) is 19.8 Å². The van der Waals surface area contributed by atoms with Crippen LogP contribution in [0, 0.1) is 0 Å². The van der Waals surface area contributed by atoms with Crippen molar-refractivity contribution in [1.82, 2.24) is 4.90 Å². The number of hydrogen-bond donors (Lipinski definition) is 2. The van der Waals surface area contributed by atoms with Gasteiger partial charge in [0.1, 0.15) is 6.61 Å². The number of nitrogen functional groups attached to an aromatic ring is 1. The maximum Gasteiger partial charge on any atom is 0.340 e. The number of ether oxygens (including phenoxy) is 3. The largest absolute Gasteiger partial charge is 0.493 e. The van der Waals surface area contributed by atoms with Crippen molar-refractivity contribution in [3.8, 4) is 11.5 Å².